The van der Waals surface area contributed by atoms with E-state index < -0.39 is 0 Å². The SMILES string of the molecule is C=CCN1CCCC(=O)CC1. The van der Waals surface area contributed by atoms with E-state index in [1.54, 1.807) is 0 Å². The molecule has 62 valence electrons. The Bertz CT molecular complexity index is 154. The van der Waals surface area contributed by atoms with E-state index in [4.69, 9.17) is 0 Å². The molecule has 1 heterocycles. The molecule has 0 unspecified atom stereocenters. The fourth-order valence-electron chi connectivity index (χ4n) is 1.38. The number of Topliss-reactive ketones (excluding diaryl/α,β-unsaturated/α-hetero) is 1. The van der Waals surface area contributed by atoms with Crippen LogP contribution in [0.15, 0.2) is 12.7 Å². The molecular formula is C9H15NO. The summed E-state index contributed by atoms with van der Waals surface area (Å²) in [4.78, 5) is 13.3. The summed E-state index contributed by atoms with van der Waals surface area (Å²) in [7, 11) is 0. The summed E-state index contributed by atoms with van der Waals surface area (Å²) < 4.78 is 0. The van der Waals surface area contributed by atoms with Gasteiger partial charge in [0.05, 0.1) is 0 Å². The third-order valence-electron chi connectivity index (χ3n) is 2.02. The minimum absolute atomic E-state index is 0.413. The van der Waals surface area contributed by atoms with Gasteiger partial charge in [-0.1, -0.05) is 6.08 Å². The van der Waals surface area contributed by atoms with Crippen molar-refractivity contribution < 1.29 is 4.79 Å². The van der Waals surface area contributed by atoms with Gasteiger partial charge in [0.15, 0.2) is 0 Å². The number of ketones is 1. The Morgan fingerprint density at radius 2 is 2.27 bits per heavy atom. The monoisotopic (exact) mass is 153 g/mol. The lowest BCUT2D eigenvalue weighted by atomic mass is 10.2. The Morgan fingerprint density at radius 3 is 3.00 bits per heavy atom. The fourth-order valence-corrected chi connectivity index (χ4v) is 1.38. The standard InChI is InChI=1S/C9H15NO/c1-2-6-10-7-3-4-9(11)5-8-10/h2H,1,3-8H2. The summed E-state index contributed by atoms with van der Waals surface area (Å²) >= 11 is 0. The Kier molecular flexibility index (Phi) is 3.30. The van der Waals surface area contributed by atoms with E-state index in [9.17, 15) is 4.79 Å². The van der Waals surface area contributed by atoms with Gasteiger partial charge in [-0.3, -0.25) is 9.69 Å². The number of carbonyl (C=O) groups excluding carboxylic acids is 1. The Labute approximate surface area is 67.9 Å². The van der Waals surface area contributed by atoms with Crippen molar-refractivity contribution in [2.24, 2.45) is 0 Å². The van der Waals surface area contributed by atoms with Crippen LogP contribution in [0.1, 0.15) is 19.3 Å². The topological polar surface area (TPSA) is 20.3 Å². The molecule has 1 saturated heterocycles. The van der Waals surface area contributed by atoms with E-state index in [1.165, 1.54) is 0 Å². The minimum Gasteiger partial charge on any atom is -0.300 e. The van der Waals surface area contributed by atoms with Gasteiger partial charge in [-0.05, 0) is 13.0 Å². The maximum Gasteiger partial charge on any atom is 0.134 e. The van der Waals surface area contributed by atoms with Crippen LogP contribution in [0.5, 0.6) is 0 Å². The van der Waals surface area contributed by atoms with Crippen LogP contribution in [-0.4, -0.2) is 30.3 Å². The summed E-state index contributed by atoms with van der Waals surface area (Å²) in [6.07, 6.45) is 4.42. The highest BCUT2D eigenvalue weighted by Gasteiger charge is 2.11. The molecular weight excluding hydrogens is 138 g/mol. The molecule has 0 N–H and O–H groups in total. The van der Waals surface area contributed by atoms with Crippen LogP contribution in [0.2, 0.25) is 0 Å². The van der Waals surface area contributed by atoms with Gasteiger partial charge in [-0.25, -0.2) is 0 Å². The van der Waals surface area contributed by atoms with Gasteiger partial charge in [0.2, 0.25) is 0 Å². The maximum atomic E-state index is 11.0. The zero-order chi connectivity index (χ0) is 8.10. The van der Waals surface area contributed by atoms with Crippen molar-refractivity contribution in [3.05, 3.63) is 12.7 Å². The second-order valence-electron chi connectivity index (χ2n) is 2.98. The number of rotatable bonds is 2. The molecule has 0 aromatic carbocycles. The third kappa shape index (κ3) is 2.85. The van der Waals surface area contributed by atoms with Crippen molar-refractivity contribution in [1.29, 1.82) is 0 Å². The second-order valence-corrected chi connectivity index (χ2v) is 2.98. The lowest BCUT2D eigenvalue weighted by Crippen LogP contribution is -2.24. The lowest BCUT2D eigenvalue weighted by molar-refractivity contribution is -0.118. The third-order valence-corrected chi connectivity index (χ3v) is 2.02. The molecule has 1 rings (SSSR count). The van der Waals surface area contributed by atoms with Crippen LogP contribution in [0.4, 0.5) is 0 Å². The highest BCUT2D eigenvalue weighted by molar-refractivity contribution is 5.78. The molecule has 0 bridgehead atoms. The van der Waals surface area contributed by atoms with Gasteiger partial charge in [0.25, 0.3) is 0 Å². The van der Waals surface area contributed by atoms with Crippen molar-refractivity contribution in [3.63, 3.8) is 0 Å². The van der Waals surface area contributed by atoms with Crippen molar-refractivity contribution >= 4 is 5.78 Å². The molecule has 1 aliphatic rings. The first-order chi connectivity index (χ1) is 5.33. The molecule has 0 radical (unpaired) electrons. The number of hydrogen-bond donors (Lipinski definition) is 0. The predicted molar refractivity (Wildman–Crippen MR) is 45.5 cm³/mol. The molecule has 0 saturated carbocycles. The van der Waals surface area contributed by atoms with Crippen LogP contribution < -0.4 is 0 Å². The quantitative estimate of drug-likeness (QED) is 0.556. The first-order valence-corrected chi connectivity index (χ1v) is 4.18. The van der Waals surface area contributed by atoms with Gasteiger partial charge < -0.3 is 0 Å². The Morgan fingerprint density at radius 1 is 1.45 bits per heavy atom. The minimum atomic E-state index is 0.413. The van der Waals surface area contributed by atoms with Crippen LogP contribution in [0, 0.1) is 0 Å². The summed E-state index contributed by atoms with van der Waals surface area (Å²) in [6.45, 7) is 6.58. The zero-order valence-corrected chi connectivity index (χ0v) is 6.88. The van der Waals surface area contributed by atoms with Crippen molar-refractivity contribution in [2.45, 2.75) is 19.3 Å². The first kappa shape index (κ1) is 8.47. The van der Waals surface area contributed by atoms with Crippen LogP contribution in [-0.2, 0) is 4.79 Å². The molecule has 0 spiro atoms. The molecule has 1 aliphatic heterocycles. The van der Waals surface area contributed by atoms with E-state index in [0.717, 1.165) is 38.9 Å². The Hall–Kier alpha value is -0.630. The highest BCUT2D eigenvalue weighted by Crippen LogP contribution is 2.05. The number of nitrogens with zero attached hydrogens (tertiary/aromatic N) is 1. The second kappa shape index (κ2) is 4.29. The van der Waals surface area contributed by atoms with Gasteiger partial charge in [0.1, 0.15) is 5.78 Å². The normalized spacial score (nSPS) is 21.3. The van der Waals surface area contributed by atoms with Gasteiger partial charge in [0, 0.05) is 25.9 Å². The van der Waals surface area contributed by atoms with E-state index >= 15 is 0 Å². The molecule has 2 nitrogen and oxygen atoms in total. The van der Waals surface area contributed by atoms with Crippen molar-refractivity contribution in [1.82, 2.24) is 4.90 Å². The number of likely N-dealkylation sites (tertiary alicyclic amines) is 1. The first-order valence-electron chi connectivity index (χ1n) is 4.18. The summed E-state index contributed by atoms with van der Waals surface area (Å²) in [5.41, 5.74) is 0. The molecule has 0 amide bonds. The molecule has 0 aromatic rings. The van der Waals surface area contributed by atoms with Crippen molar-refractivity contribution in [2.75, 3.05) is 19.6 Å². The average molecular weight is 153 g/mol. The van der Waals surface area contributed by atoms with Crippen LogP contribution in [0.25, 0.3) is 0 Å². The Balaban J connectivity index is 2.33. The maximum absolute atomic E-state index is 11.0. The molecule has 11 heavy (non-hydrogen) atoms. The largest absolute Gasteiger partial charge is 0.300 e. The fraction of sp³-hybridized carbons (Fsp3) is 0.667. The molecule has 1 fully saturated rings. The molecule has 0 aromatic heterocycles. The molecule has 2 heteroatoms. The highest BCUT2D eigenvalue weighted by atomic mass is 16.1. The van der Waals surface area contributed by atoms with Crippen LogP contribution in [0.3, 0.4) is 0 Å². The van der Waals surface area contributed by atoms with Crippen molar-refractivity contribution in [3.8, 4) is 0 Å². The number of carbonyl (C=O) groups is 1. The van der Waals surface area contributed by atoms with E-state index in [1.807, 2.05) is 6.08 Å². The summed E-state index contributed by atoms with van der Waals surface area (Å²) in [6, 6.07) is 0. The number of hydrogen-bond acceptors (Lipinski definition) is 2. The van der Waals surface area contributed by atoms with E-state index in [2.05, 4.69) is 11.5 Å². The molecule has 0 aliphatic carbocycles. The predicted octanol–water partition coefficient (Wildman–Crippen LogP) is 1.23. The average Bonchev–Trinajstić information content (AvgIpc) is 2.17. The van der Waals surface area contributed by atoms with E-state index in [0.29, 0.717) is 5.78 Å². The van der Waals surface area contributed by atoms with Gasteiger partial charge in [-0.15, -0.1) is 6.58 Å². The summed E-state index contributed by atoms with van der Waals surface area (Å²) in [5, 5.41) is 0. The van der Waals surface area contributed by atoms with E-state index in [-0.39, 0.29) is 0 Å². The van der Waals surface area contributed by atoms with Gasteiger partial charge >= 0.3 is 0 Å². The smallest absolute Gasteiger partial charge is 0.134 e. The zero-order valence-electron chi connectivity index (χ0n) is 6.88. The molecule has 0 atom stereocenters. The summed E-state index contributed by atoms with van der Waals surface area (Å²) in [5.74, 6) is 0.413. The lowest BCUT2D eigenvalue weighted by Gasteiger charge is -2.15. The van der Waals surface area contributed by atoms with Gasteiger partial charge in [-0.2, -0.15) is 0 Å². The van der Waals surface area contributed by atoms with Crippen LogP contribution >= 0.6 is 0 Å².